The van der Waals surface area contributed by atoms with E-state index in [2.05, 4.69) is 25.2 Å². The second kappa shape index (κ2) is 5.39. The molecular weight excluding hydrogens is 242 g/mol. The van der Waals surface area contributed by atoms with Gasteiger partial charge in [-0.2, -0.15) is 0 Å². The molecule has 2 aliphatic heterocycles. The maximum Gasteiger partial charge on any atom is 0.161 e. The third-order valence-electron chi connectivity index (χ3n) is 3.98. The Bertz CT molecular complexity index is 437. The molecule has 0 bridgehead atoms. The van der Waals surface area contributed by atoms with Gasteiger partial charge in [0.1, 0.15) is 13.2 Å². The molecule has 2 aliphatic rings. The molecule has 4 nitrogen and oxygen atoms in total. The van der Waals surface area contributed by atoms with Crippen LogP contribution in [0.5, 0.6) is 11.5 Å². The highest BCUT2D eigenvalue weighted by Crippen LogP contribution is 2.34. The molecule has 3 unspecified atom stereocenters. The summed E-state index contributed by atoms with van der Waals surface area (Å²) in [5.74, 6) is 2.19. The fourth-order valence-electron chi connectivity index (χ4n) is 2.44. The van der Waals surface area contributed by atoms with Gasteiger partial charge < -0.3 is 19.5 Å². The molecule has 1 aromatic rings. The lowest BCUT2D eigenvalue weighted by Crippen LogP contribution is -2.32. The Morgan fingerprint density at radius 2 is 1.89 bits per heavy atom. The average molecular weight is 263 g/mol. The molecule has 2 heterocycles. The second-order valence-corrected chi connectivity index (χ2v) is 5.40. The summed E-state index contributed by atoms with van der Waals surface area (Å²) in [5.41, 5.74) is 1.15. The van der Waals surface area contributed by atoms with Crippen LogP contribution >= 0.6 is 0 Å². The zero-order valence-electron chi connectivity index (χ0n) is 11.5. The molecule has 4 heteroatoms. The van der Waals surface area contributed by atoms with Crippen LogP contribution in [0.2, 0.25) is 0 Å². The summed E-state index contributed by atoms with van der Waals surface area (Å²) < 4.78 is 17.2. The van der Waals surface area contributed by atoms with E-state index in [-0.39, 0.29) is 6.10 Å². The van der Waals surface area contributed by atoms with Crippen molar-refractivity contribution in [1.82, 2.24) is 5.32 Å². The van der Waals surface area contributed by atoms with Gasteiger partial charge in [0.05, 0.1) is 12.7 Å². The first-order chi connectivity index (χ1) is 9.24. The van der Waals surface area contributed by atoms with Crippen LogP contribution in [0, 0.1) is 5.92 Å². The minimum absolute atomic E-state index is 0.0863. The lowest BCUT2D eigenvalue weighted by Gasteiger charge is -2.21. The molecule has 0 radical (unpaired) electrons. The maximum absolute atomic E-state index is 6.00. The quantitative estimate of drug-likeness (QED) is 0.842. The average Bonchev–Trinajstić information content (AvgIpc) is 2.61. The van der Waals surface area contributed by atoms with E-state index in [1.54, 1.807) is 0 Å². The summed E-state index contributed by atoms with van der Waals surface area (Å²) in [4.78, 5) is 0. The zero-order chi connectivity index (χ0) is 13.2. The minimum Gasteiger partial charge on any atom is -0.486 e. The molecule has 19 heavy (non-hydrogen) atoms. The van der Waals surface area contributed by atoms with Crippen molar-refractivity contribution in [2.75, 3.05) is 26.4 Å². The third-order valence-corrected chi connectivity index (χ3v) is 3.98. The summed E-state index contributed by atoms with van der Waals surface area (Å²) in [5, 5.41) is 3.53. The normalized spacial score (nSPS) is 30.7. The van der Waals surface area contributed by atoms with E-state index >= 15 is 0 Å². The van der Waals surface area contributed by atoms with Crippen molar-refractivity contribution in [2.45, 2.75) is 26.0 Å². The molecule has 0 aromatic heterocycles. The number of nitrogens with one attached hydrogen (secondary N) is 1. The maximum atomic E-state index is 6.00. The number of hydrogen-bond acceptors (Lipinski definition) is 4. The predicted molar refractivity (Wildman–Crippen MR) is 72.8 cm³/mol. The molecule has 3 rings (SSSR count). The van der Waals surface area contributed by atoms with Gasteiger partial charge in [-0.1, -0.05) is 13.0 Å². The van der Waals surface area contributed by atoms with Crippen molar-refractivity contribution in [3.05, 3.63) is 23.8 Å². The monoisotopic (exact) mass is 263 g/mol. The van der Waals surface area contributed by atoms with Crippen LogP contribution in [0.1, 0.15) is 25.5 Å². The van der Waals surface area contributed by atoms with Crippen LogP contribution in [0.4, 0.5) is 0 Å². The van der Waals surface area contributed by atoms with Crippen molar-refractivity contribution in [1.29, 1.82) is 0 Å². The Balaban J connectivity index is 1.78. The van der Waals surface area contributed by atoms with Gasteiger partial charge in [0.15, 0.2) is 11.5 Å². The van der Waals surface area contributed by atoms with Gasteiger partial charge in [-0.15, -0.1) is 0 Å². The summed E-state index contributed by atoms with van der Waals surface area (Å²) in [7, 11) is 0. The van der Waals surface area contributed by atoms with E-state index in [1.807, 2.05) is 12.1 Å². The summed E-state index contributed by atoms with van der Waals surface area (Å²) >= 11 is 0. The highest BCUT2D eigenvalue weighted by atomic mass is 16.6. The number of rotatable bonds is 1. The standard InChI is InChI=1S/C15H21NO3/c1-10-9-19-15(8-16-11(10)2)12-3-4-13-14(7-12)18-6-5-17-13/h3-4,7,10-11,15-16H,5-6,8-9H2,1-2H3. The molecule has 1 N–H and O–H groups in total. The molecule has 104 valence electrons. The van der Waals surface area contributed by atoms with Crippen molar-refractivity contribution in [3.8, 4) is 11.5 Å². The van der Waals surface area contributed by atoms with Crippen molar-refractivity contribution in [3.63, 3.8) is 0 Å². The smallest absolute Gasteiger partial charge is 0.161 e. The summed E-state index contributed by atoms with van der Waals surface area (Å²) in [6.07, 6.45) is 0.0863. The molecule has 1 saturated heterocycles. The van der Waals surface area contributed by atoms with Gasteiger partial charge in [0.2, 0.25) is 0 Å². The Morgan fingerprint density at radius 1 is 1.11 bits per heavy atom. The Kier molecular flexibility index (Phi) is 3.62. The summed E-state index contributed by atoms with van der Waals surface area (Å²) in [6, 6.07) is 6.58. The van der Waals surface area contributed by atoms with Crippen molar-refractivity contribution in [2.24, 2.45) is 5.92 Å². The van der Waals surface area contributed by atoms with Crippen molar-refractivity contribution < 1.29 is 14.2 Å². The second-order valence-electron chi connectivity index (χ2n) is 5.40. The highest BCUT2D eigenvalue weighted by Gasteiger charge is 2.23. The molecule has 1 aromatic carbocycles. The van der Waals surface area contributed by atoms with Crippen LogP contribution < -0.4 is 14.8 Å². The topological polar surface area (TPSA) is 39.7 Å². The Morgan fingerprint density at radius 3 is 2.74 bits per heavy atom. The zero-order valence-corrected chi connectivity index (χ0v) is 11.5. The third kappa shape index (κ3) is 2.69. The van der Waals surface area contributed by atoms with Crippen LogP contribution in [0.3, 0.4) is 0 Å². The van der Waals surface area contributed by atoms with E-state index in [1.165, 1.54) is 0 Å². The van der Waals surface area contributed by atoms with E-state index in [9.17, 15) is 0 Å². The number of fused-ring (bicyclic) bond motifs is 1. The van der Waals surface area contributed by atoms with Crippen LogP contribution in [0.15, 0.2) is 18.2 Å². The Hall–Kier alpha value is -1.26. The molecular formula is C15H21NO3. The van der Waals surface area contributed by atoms with E-state index in [0.717, 1.165) is 30.2 Å². The van der Waals surface area contributed by atoms with E-state index < -0.39 is 0 Å². The first kappa shape index (κ1) is 12.8. The molecule has 0 aliphatic carbocycles. The SMILES string of the molecule is CC1COC(c2ccc3c(c2)OCCO3)CNC1C. The van der Waals surface area contributed by atoms with Gasteiger partial charge in [0.25, 0.3) is 0 Å². The van der Waals surface area contributed by atoms with E-state index in [4.69, 9.17) is 14.2 Å². The predicted octanol–water partition coefficient (Wildman–Crippen LogP) is 2.14. The fourth-order valence-corrected chi connectivity index (χ4v) is 2.44. The lowest BCUT2D eigenvalue weighted by atomic mass is 10.1. The molecule has 1 fully saturated rings. The van der Waals surface area contributed by atoms with Crippen LogP contribution in [-0.2, 0) is 4.74 Å². The van der Waals surface area contributed by atoms with Gasteiger partial charge in [-0.05, 0) is 30.5 Å². The highest BCUT2D eigenvalue weighted by molar-refractivity contribution is 5.44. The van der Waals surface area contributed by atoms with Gasteiger partial charge in [-0.25, -0.2) is 0 Å². The lowest BCUT2D eigenvalue weighted by molar-refractivity contribution is 0.0492. The molecule has 0 saturated carbocycles. The minimum atomic E-state index is 0.0863. The number of ether oxygens (including phenoxy) is 3. The van der Waals surface area contributed by atoms with Crippen LogP contribution in [-0.4, -0.2) is 32.4 Å². The molecule has 3 atom stereocenters. The van der Waals surface area contributed by atoms with Gasteiger partial charge in [-0.3, -0.25) is 0 Å². The van der Waals surface area contributed by atoms with Gasteiger partial charge in [0, 0.05) is 12.6 Å². The largest absolute Gasteiger partial charge is 0.486 e. The molecule has 0 spiro atoms. The van der Waals surface area contributed by atoms with Crippen molar-refractivity contribution >= 4 is 0 Å². The summed E-state index contributed by atoms with van der Waals surface area (Å²) in [6.45, 7) is 7.29. The first-order valence-electron chi connectivity index (χ1n) is 6.98. The van der Waals surface area contributed by atoms with Crippen LogP contribution in [0.25, 0.3) is 0 Å². The Labute approximate surface area is 114 Å². The fraction of sp³-hybridized carbons (Fsp3) is 0.600. The van der Waals surface area contributed by atoms with Gasteiger partial charge >= 0.3 is 0 Å². The molecule has 0 amide bonds. The first-order valence-corrected chi connectivity index (χ1v) is 6.98. The number of hydrogen-bond donors (Lipinski definition) is 1. The number of benzene rings is 1. The van der Waals surface area contributed by atoms with E-state index in [0.29, 0.717) is 25.2 Å².